The summed E-state index contributed by atoms with van der Waals surface area (Å²) in [5.41, 5.74) is 1.45. The van der Waals surface area contributed by atoms with Crippen LogP contribution in [0.4, 0.5) is 11.5 Å². The van der Waals surface area contributed by atoms with Crippen LogP contribution < -0.4 is 20.1 Å². The number of thiocarbonyl (C=S) groups is 1. The normalized spacial score (nSPS) is 11.0. The number of ether oxygens (including phenoxy) is 1. The molecule has 12 heteroatoms. The van der Waals surface area contributed by atoms with Crippen molar-refractivity contribution >= 4 is 56.4 Å². The SMILES string of the molecule is Cc1ccc(OCC(=O)NC(=S)Nc2ccc(S(=O)(=O)Nc3cc(C)on3)cc2)c(Cl)c1. The number of sulfonamides is 1. The van der Waals surface area contributed by atoms with Gasteiger partial charge >= 0.3 is 0 Å². The molecule has 0 radical (unpaired) electrons. The highest BCUT2D eigenvalue weighted by Crippen LogP contribution is 2.25. The Balaban J connectivity index is 1.52. The van der Waals surface area contributed by atoms with Crippen LogP contribution in [0.2, 0.25) is 5.02 Å². The van der Waals surface area contributed by atoms with Crippen molar-refractivity contribution in [3.05, 3.63) is 64.9 Å². The Labute approximate surface area is 195 Å². The Kier molecular flexibility index (Phi) is 7.33. The summed E-state index contributed by atoms with van der Waals surface area (Å²) in [5, 5.41) is 9.30. The lowest BCUT2D eigenvalue weighted by Crippen LogP contribution is -2.37. The molecular weight excluding hydrogens is 476 g/mol. The predicted molar refractivity (Wildman–Crippen MR) is 125 cm³/mol. The molecule has 168 valence electrons. The molecule has 0 unspecified atom stereocenters. The van der Waals surface area contributed by atoms with Crippen LogP contribution in [-0.2, 0) is 14.8 Å². The second kappa shape index (κ2) is 9.98. The maximum atomic E-state index is 12.4. The van der Waals surface area contributed by atoms with Crippen molar-refractivity contribution in [3.63, 3.8) is 0 Å². The van der Waals surface area contributed by atoms with Gasteiger partial charge in [0.1, 0.15) is 11.5 Å². The quantitative estimate of drug-likeness (QED) is 0.425. The average molecular weight is 495 g/mol. The molecule has 3 rings (SSSR count). The van der Waals surface area contributed by atoms with E-state index in [1.165, 1.54) is 30.3 Å². The number of halogens is 1. The third kappa shape index (κ3) is 6.42. The highest BCUT2D eigenvalue weighted by molar-refractivity contribution is 7.92. The van der Waals surface area contributed by atoms with Gasteiger partial charge in [0, 0.05) is 11.8 Å². The lowest BCUT2D eigenvalue weighted by atomic mass is 10.2. The molecule has 0 spiro atoms. The van der Waals surface area contributed by atoms with Crippen LogP contribution >= 0.6 is 23.8 Å². The van der Waals surface area contributed by atoms with Crippen molar-refractivity contribution in [1.29, 1.82) is 0 Å². The summed E-state index contributed by atoms with van der Waals surface area (Å²) < 4.78 is 37.4. The maximum absolute atomic E-state index is 12.4. The summed E-state index contributed by atoms with van der Waals surface area (Å²) in [6.45, 7) is 3.26. The van der Waals surface area contributed by atoms with E-state index in [4.69, 9.17) is 33.1 Å². The number of carbonyl (C=O) groups is 1. The zero-order valence-corrected chi connectivity index (χ0v) is 19.4. The fourth-order valence-corrected chi connectivity index (χ4v) is 4.02. The fourth-order valence-electron chi connectivity index (χ4n) is 2.52. The van der Waals surface area contributed by atoms with Crippen LogP contribution in [0.3, 0.4) is 0 Å². The van der Waals surface area contributed by atoms with E-state index in [1.807, 2.05) is 13.0 Å². The number of rotatable bonds is 7. The molecule has 0 aliphatic heterocycles. The van der Waals surface area contributed by atoms with E-state index in [0.29, 0.717) is 22.2 Å². The van der Waals surface area contributed by atoms with Crippen LogP contribution in [0.1, 0.15) is 11.3 Å². The van der Waals surface area contributed by atoms with Crippen molar-refractivity contribution in [2.24, 2.45) is 0 Å². The molecular formula is C20H19ClN4O5S2. The molecule has 0 saturated carbocycles. The molecule has 1 heterocycles. The molecule has 1 amide bonds. The van der Waals surface area contributed by atoms with Crippen molar-refractivity contribution in [1.82, 2.24) is 10.5 Å². The average Bonchev–Trinajstić information content (AvgIpc) is 3.11. The van der Waals surface area contributed by atoms with Gasteiger partial charge in [-0.1, -0.05) is 22.8 Å². The monoisotopic (exact) mass is 494 g/mol. The van der Waals surface area contributed by atoms with E-state index in [1.54, 1.807) is 19.1 Å². The number of hydrogen-bond donors (Lipinski definition) is 3. The summed E-state index contributed by atoms with van der Waals surface area (Å²) in [4.78, 5) is 12.1. The number of aryl methyl sites for hydroxylation is 2. The Bertz CT molecular complexity index is 1240. The van der Waals surface area contributed by atoms with E-state index >= 15 is 0 Å². The largest absolute Gasteiger partial charge is 0.482 e. The Hall–Kier alpha value is -3.15. The van der Waals surface area contributed by atoms with Gasteiger partial charge in [-0.15, -0.1) is 0 Å². The van der Waals surface area contributed by atoms with Gasteiger partial charge in [-0.25, -0.2) is 8.42 Å². The molecule has 0 aliphatic carbocycles. The summed E-state index contributed by atoms with van der Waals surface area (Å²) in [6.07, 6.45) is 0. The van der Waals surface area contributed by atoms with E-state index in [-0.39, 0.29) is 22.4 Å². The minimum Gasteiger partial charge on any atom is -0.482 e. The highest BCUT2D eigenvalue weighted by Gasteiger charge is 2.16. The van der Waals surface area contributed by atoms with Gasteiger partial charge < -0.3 is 14.6 Å². The van der Waals surface area contributed by atoms with Crippen molar-refractivity contribution in [2.75, 3.05) is 16.6 Å². The third-order valence-corrected chi connectivity index (χ3v) is 5.86. The third-order valence-electron chi connectivity index (χ3n) is 3.99. The van der Waals surface area contributed by atoms with Gasteiger partial charge in [0.15, 0.2) is 17.5 Å². The number of amides is 1. The van der Waals surface area contributed by atoms with E-state index in [9.17, 15) is 13.2 Å². The lowest BCUT2D eigenvalue weighted by Gasteiger charge is -2.12. The first-order valence-corrected chi connectivity index (χ1v) is 11.5. The number of anilines is 2. The molecule has 0 atom stereocenters. The summed E-state index contributed by atoms with van der Waals surface area (Å²) in [5.74, 6) is 0.468. The second-order valence-corrected chi connectivity index (χ2v) is 9.18. The summed E-state index contributed by atoms with van der Waals surface area (Å²) in [6, 6.07) is 12.5. The first-order chi connectivity index (χ1) is 15.1. The molecule has 0 bridgehead atoms. The van der Waals surface area contributed by atoms with Gasteiger partial charge in [-0.3, -0.25) is 14.8 Å². The number of nitrogens with zero attached hydrogens (tertiary/aromatic N) is 1. The highest BCUT2D eigenvalue weighted by atomic mass is 35.5. The standard InChI is InChI=1S/C20H19ClN4O5S2/c1-12-3-8-17(16(21)9-12)29-11-19(26)23-20(31)22-14-4-6-15(7-5-14)32(27,28)25-18-10-13(2)30-24-18/h3-10H,11H2,1-2H3,(H,24,25)(H2,22,23,26,31). The molecule has 3 N–H and O–H groups in total. The van der Waals surface area contributed by atoms with Gasteiger partial charge in [-0.2, -0.15) is 0 Å². The fraction of sp³-hybridized carbons (Fsp3) is 0.150. The minimum atomic E-state index is -3.83. The van der Waals surface area contributed by atoms with Crippen LogP contribution in [0, 0.1) is 13.8 Å². The number of benzene rings is 2. The minimum absolute atomic E-state index is 0.0158. The van der Waals surface area contributed by atoms with Crippen LogP contribution in [0.25, 0.3) is 0 Å². The second-order valence-electron chi connectivity index (χ2n) is 6.68. The van der Waals surface area contributed by atoms with E-state index in [2.05, 4.69) is 20.5 Å². The van der Waals surface area contributed by atoms with E-state index < -0.39 is 15.9 Å². The first kappa shape index (κ1) is 23.5. The molecule has 32 heavy (non-hydrogen) atoms. The number of aromatic nitrogens is 1. The molecule has 9 nitrogen and oxygen atoms in total. The lowest BCUT2D eigenvalue weighted by molar-refractivity contribution is -0.121. The van der Waals surface area contributed by atoms with Gasteiger partial charge in [0.25, 0.3) is 15.9 Å². The van der Waals surface area contributed by atoms with Gasteiger partial charge in [0.2, 0.25) is 0 Å². The van der Waals surface area contributed by atoms with Gasteiger partial charge in [-0.05, 0) is 68.0 Å². The Morgan fingerprint density at radius 2 is 1.88 bits per heavy atom. The van der Waals surface area contributed by atoms with Crippen molar-refractivity contribution in [3.8, 4) is 5.75 Å². The molecule has 0 aliphatic rings. The van der Waals surface area contributed by atoms with Crippen LogP contribution in [0.15, 0.2) is 57.9 Å². The smallest absolute Gasteiger partial charge is 0.264 e. The predicted octanol–water partition coefficient (Wildman–Crippen LogP) is 3.64. The number of carbonyl (C=O) groups excluding carboxylic acids is 1. The van der Waals surface area contributed by atoms with Crippen LogP contribution in [0.5, 0.6) is 5.75 Å². The maximum Gasteiger partial charge on any atom is 0.264 e. The summed E-state index contributed by atoms with van der Waals surface area (Å²) in [7, 11) is -3.83. The topological polar surface area (TPSA) is 123 Å². The number of nitrogens with one attached hydrogen (secondary N) is 3. The molecule has 3 aromatic rings. The Morgan fingerprint density at radius 3 is 2.50 bits per heavy atom. The van der Waals surface area contributed by atoms with E-state index in [0.717, 1.165) is 5.56 Å². The van der Waals surface area contributed by atoms with Gasteiger partial charge in [0.05, 0.1) is 9.92 Å². The Morgan fingerprint density at radius 1 is 1.16 bits per heavy atom. The number of hydrogen-bond acceptors (Lipinski definition) is 7. The molecule has 2 aromatic carbocycles. The zero-order valence-electron chi connectivity index (χ0n) is 17.0. The zero-order chi connectivity index (χ0) is 23.3. The van der Waals surface area contributed by atoms with Crippen LogP contribution in [-0.4, -0.2) is 31.2 Å². The summed E-state index contributed by atoms with van der Waals surface area (Å²) >= 11 is 11.2. The molecule has 0 saturated heterocycles. The van der Waals surface area contributed by atoms with Crippen molar-refractivity contribution < 1.29 is 22.5 Å². The first-order valence-electron chi connectivity index (χ1n) is 9.18. The molecule has 1 aromatic heterocycles. The molecule has 0 fully saturated rings. The van der Waals surface area contributed by atoms with Crippen molar-refractivity contribution in [2.45, 2.75) is 18.7 Å².